The van der Waals surface area contributed by atoms with Gasteiger partial charge in [-0.1, -0.05) is 6.92 Å². The van der Waals surface area contributed by atoms with Crippen LogP contribution in [0, 0.1) is 0 Å². The minimum Gasteiger partial charge on any atom is -0.387 e. The largest absolute Gasteiger partial charge is 0.387 e. The van der Waals surface area contributed by atoms with E-state index in [1.807, 2.05) is 13.8 Å². The lowest BCUT2D eigenvalue weighted by Gasteiger charge is -2.34. The third kappa shape index (κ3) is 0.780. The van der Waals surface area contributed by atoms with Crippen LogP contribution in [0.4, 0.5) is 0 Å². The van der Waals surface area contributed by atoms with Crippen LogP contribution in [0.3, 0.4) is 0 Å². The summed E-state index contributed by atoms with van der Waals surface area (Å²) in [4.78, 5) is 0. The van der Waals surface area contributed by atoms with Gasteiger partial charge < -0.3 is 14.6 Å². The molecule has 4 heteroatoms. The molecule has 12 heavy (non-hydrogen) atoms. The highest BCUT2D eigenvalue weighted by Gasteiger charge is 2.62. The van der Waals surface area contributed by atoms with Crippen LogP contribution in [0.1, 0.15) is 20.3 Å². The highest BCUT2D eigenvalue weighted by Crippen LogP contribution is 2.45. The summed E-state index contributed by atoms with van der Waals surface area (Å²) in [6.45, 7) is 3.89. The van der Waals surface area contributed by atoms with Crippen molar-refractivity contribution >= 4 is 7.85 Å². The van der Waals surface area contributed by atoms with Crippen molar-refractivity contribution in [3.8, 4) is 0 Å². The zero-order valence-corrected chi connectivity index (χ0v) is 7.36. The van der Waals surface area contributed by atoms with E-state index in [2.05, 4.69) is 0 Å². The van der Waals surface area contributed by atoms with E-state index in [-0.39, 0.29) is 12.2 Å². The molecule has 0 aromatic rings. The molecule has 0 aromatic heterocycles. The fourth-order valence-electron chi connectivity index (χ4n) is 2.27. The van der Waals surface area contributed by atoms with Crippen LogP contribution in [0.5, 0.6) is 0 Å². The van der Waals surface area contributed by atoms with Crippen molar-refractivity contribution < 1.29 is 14.6 Å². The Morgan fingerprint density at radius 3 is 2.58 bits per heavy atom. The zero-order valence-electron chi connectivity index (χ0n) is 7.36. The summed E-state index contributed by atoms with van der Waals surface area (Å²) in [7, 11) is 5.63. The molecular formula is C8H13BO3. The molecule has 0 spiro atoms. The first-order valence-electron chi connectivity index (χ1n) is 4.38. The average molecular weight is 168 g/mol. The lowest BCUT2D eigenvalue weighted by atomic mass is 9.89. The molecule has 1 N–H and O–H groups in total. The third-order valence-electron chi connectivity index (χ3n) is 3.09. The molecule has 2 aliphatic rings. The molecule has 3 nitrogen and oxygen atoms in total. The highest BCUT2D eigenvalue weighted by atomic mass is 16.6. The van der Waals surface area contributed by atoms with Crippen molar-refractivity contribution in [2.24, 2.45) is 0 Å². The topological polar surface area (TPSA) is 38.7 Å². The van der Waals surface area contributed by atoms with E-state index < -0.39 is 17.7 Å². The normalized spacial score (nSPS) is 57.9. The van der Waals surface area contributed by atoms with Gasteiger partial charge in [0, 0.05) is 6.00 Å². The van der Waals surface area contributed by atoms with Crippen molar-refractivity contribution in [3.63, 3.8) is 0 Å². The van der Waals surface area contributed by atoms with Crippen LogP contribution in [0.25, 0.3) is 0 Å². The van der Waals surface area contributed by atoms with Crippen molar-refractivity contribution in [3.05, 3.63) is 0 Å². The van der Waals surface area contributed by atoms with Crippen molar-refractivity contribution in [2.75, 3.05) is 0 Å². The maximum Gasteiger partial charge on any atom is 0.121 e. The van der Waals surface area contributed by atoms with Gasteiger partial charge in [0.1, 0.15) is 25.7 Å². The summed E-state index contributed by atoms with van der Waals surface area (Å²) < 4.78 is 11.0. The second-order valence-electron chi connectivity index (χ2n) is 3.58. The fourth-order valence-corrected chi connectivity index (χ4v) is 2.27. The standard InChI is InChI=1S/C8H13BO3/c1-3-8-4(2)11-5(6(8)10)7(9)12-8/h4-7,10H,3H2,1-2H3/t4-,5-,6+,7-,8+/m1/s1. The Morgan fingerprint density at radius 2 is 2.25 bits per heavy atom. The van der Waals surface area contributed by atoms with Crippen LogP contribution in [-0.2, 0) is 9.47 Å². The Balaban J connectivity index is 2.30. The first-order valence-corrected chi connectivity index (χ1v) is 4.38. The van der Waals surface area contributed by atoms with E-state index >= 15 is 0 Å². The van der Waals surface area contributed by atoms with Gasteiger partial charge >= 0.3 is 0 Å². The Hall–Kier alpha value is -0.0551. The van der Waals surface area contributed by atoms with Crippen LogP contribution < -0.4 is 0 Å². The molecule has 0 saturated carbocycles. The lowest BCUT2D eigenvalue weighted by molar-refractivity contribution is -0.158. The first kappa shape index (κ1) is 8.54. The van der Waals surface area contributed by atoms with Crippen molar-refractivity contribution in [1.82, 2.24) is 0 Å². The number of hydrogen-bond donors (Lipinski definition) is 1. The van der Waals surface area contributed by atoms with Gasteiger partial charge in [-0.3, -0.25) is 0 Å². The second kappa shape index (κ2) is 2.47. The maximum absolute atomic E-state index is 9.79. The average Bonchev–Trinajstić information content (AvgIpc) is 2.41. The Morgan fingerprint density at radius 1 is 1.58 bits per heavy atom. The second-order valence-corrected chi connectivity index (χ2v) is 3.58. The van der Waals surface area contributed by atoms with Crippen molar-refractivity contribution in [2.45, 2.75) is 50.2 Å². The molecular weight excluding hydrogens is 155 g/mol. The van der Waals surface area contributed by atoms with E-state index in [0.29, 0.717) is 0 Å². The minimum atomic E-state index is -0.563. The SMILES string of the molecule is [B][C@@H]1O[C@@]2(CC)[C@@H](C)O[C@@H]1[C@@H]2O. The van der Waals surface area contributed by atoms with Crippen molar-refractivity contribution in [1.29, 1.82) is 0 Å². The molecule has 2 radical (unpaired) electrons. The van der Waals surface area contributed by atoms with Gasteiger partial charge in [0.05, 0.1) is 6.10 Å². The summed E-state index contributed by atoms with van der Waals surface area (Å²) >= 11 is 0. The van der Waals surface area contributed by atoms with E-state index in [4.69, 9.17) is 17.3 Å². The number of rotatable bonds is 1. The molecule has 2 rings (SSSR count). The highest BCUT2D eigenvalue weighted by molar-refractivity contribution is 6.11. The number of aliphatic hydroxyl groups excluding tert-OH is 1. The van der Waals surface area contributed by atoms with Gasteiger partial charge in [0.15, 0.2) is 0 Å². The molecule has 0 aliphatic carbocycles. The van der Waals surface area contributed by atoms with Gasteiger partial charge in [0.2, 0.25) is 0 Å². The monoisotopic (exact) mass is 168 g/mol. The Labute approximate surface area is 73.5 Å². The van der Waals surface area contributed by atoms with Gasteiger partial charge in [-0.15, -0.1) is 0 Å². The maximum atomic E-state index is 9.79. The molecule has 2 bridgehead atoms. The van der Waals surface area contributed by atoms with Gasteiger partial charge in [0.25, 0.3) is 0 Å². The van der Waals surface area contributed by atoms with Crippen LogP contribution in [-0.4, -0.2) is 42.9 Å². The predicted octanol–water partition coefficient (Wildman–Crippen LogP) is -0.192. The van der Waals surface area contributed by atoms with Gasteiger partial charge in [-0.05, 0) is 13.3 Å². The Kier molecular flexibility index (Phi) is 1.76. The molecule has 66 valence electrons. The van der Waals surface area contributed by atoms with Crippen LogP contribution in [0.15, 0.2) is 0 Å². The quantitative estimate of drug-likeness (QED) is 0.551. The van der Waals surface area contributed by atoms with E-state index in [0.717, 1.165) is 6.42 Å². The molecule has 2 fully saturated rings. The molecule has 5 atom stereocenters. The summed E-state index contributed by atoms with van der Waals surface area (Å²) in [6, 6.07) is -0.462. The van der Waals surface area contributed by atoms with E-state index in [1.54, 1.807) is 0 Å². The molecule has 2 heterocycles. The van der Waals surface area contributed by atoms with E-state index in [1.165, 1.54) is 0 Å². The summed E-state index contributed by atoms with van der Waals surface area (Å²) in [5.74, 6) is 0. The number of fused-ring (bicyclic) bond motifs is 2. The number of aliphatic hydroxyl groups is 1. The third-order valence-corrected chi connectivity index (χ3v) is 3.09. The number of ether oxygens (including phenoxy) is 2. The van der Waals surface area contributed by atoms with Crippen LogP contribution in [0.2, 0.25) is 0 Å². The molecule has 2 saturated heterocycles. The summed E-state index contributed by atoms with van der Waals surface area (Å²) in [5, 5.41) is 9.79. The van der Waals surface area contributed by atoms with Gasteiger partial charge in [-0.25, -0.2) is 0 Å². The van der Waals surface area contributed by atoms with Gasteiger partial charge in [-0.2, -0.15) is 0 Å². The minimum absolute atomic E-state index is 0.0534. The number of hydrogen-bond acceptors (Lipinski definition) is 3. The summed E-state index contributed by atoms with van der Waals surface area (Å²) in [5.41, 5.74) is -0.552. The smallest absolute Gasteiger partial charge is 0.121 e. The molecule has 2 aliphatic heterocycles. The van der Waals surface area contributed by atoms with E-state index in [9.17, 15) is 5.11 Å². The van der Waals surface area contributed by atoms with Crippen LogP contribution >= 0.6 is 0 Å². The zero-order chi connectivity index (χ0) is 8.93. The fraction of sp³-hybridized carbons (Fsp3) is 1.00. The first-order chi connectivity index (χ1) is 5.62. The Bertz CT molecular complexity index is 199. The predicted molar refractivity (Wildman–Crippen MR) is 44.0 cm³/mol. The lowest BCUT2D eigenvalue weighted by Crippen LogP contribution is -2.46. The molecule has 0 unspecified atom stereocenters. The summed E-state index contributed by atoms with van der Waals surface area (Å²) in [6.07, 6.45) is -0.214. The molecule has 0 amide bonds. The molecule has 0 aromatic carbocycles.